The van der Waals surface area contributed by atoms with Gasteiger partial charge in [-0.2, -0.15) is 0 Å². The third-order valence-electron chi connectivity index (χ3n) is 3.63. The molecule has 0 bridgehead atoms. The Morgan fingerprint density at radius 3 is 2.47 bits per heavy atom. The minimum atomic E-state index is 0.349. The number of nitrogens with two attached hydrogens (primary N) is 1. The van der Waals surface area contributed by atoms with E-state index in [4.69, 9.17) is 10.2 Å². The molecular formula is C14H24N2O. The van der Waals surface area contributed by atoms with E-state index in [9.17, 15) is 0 Å². The van der Waals surface area contributed by atoms with Gasteiger partial charge in [0.25, 0.3) is 0 Å². The third kappa shape index (κ3) is 3.58. The number of hydrogen-bond acceptors (Lipinski definition) is 3. The van der Waals surface area contributed by atoms with Gasteiger partial charge >= 0.3 is 0 Å². The molecule has 0 aliphatic carbocycles. The van der Waals surface area contributed by atoms with Gasteiger partial charge in [-0.05, 0) is 45.0 Å². The Hall–Kier alpha value is -0.800. The van der Waals surface area contributed by atoms with Crippen molar-refractivity contribution in [1.82, 2.24) is 4.90 Å². The van der Waals surface area contributed by atoms with Crippen molar-refractivity contribution in [2.75, 3.05) is 26.2 Å². The van der Waals surface area contributed by atoms with Crippen molar-refractivity contribution in [1.29, 1.82) is 0 Å². The Balaban J connectivity index is 1.94. The summed E-state index contributed by atoms with van der Waals surface area (Å²) in [5.74, 6) is 2.38. The molecule has 3 nitrogen and oxygen atoms in total. The molecule has 1 aromatic heterocycles. The Kier molecular flexibility index (Phi) is 4.63. The molecule has 0 aromatic carbocycles. The van der Waals surface area contributed by atoms with Crippen molar-refractivity contribution in [2.45, 2.75) is 38.5 Å². The van der Waals surface area contributed by atoms with E-state index in [1.165, 1.54) is 38.8 Å². The molecule has 96 valence electrons. The van der Waals surface area contributed by atoms with Gasteiger partial charge < -0.3 is 15.1 Å². The number of rotatable bonds is 4. The van der Waals surface area contributed by atoms with E-state index in [1.54, 1.807) is 0 Å². The van der Waals surface area contributed by atoms with Crippen molar-refractivity contribution in [2.24, 2.45) is 5.73 Å². The second-order valence-corrected chi connectivity index (χ2v) is 5.10. The first kappa shape index (κ1) is 12.7. The van der Waals surface area contributed by atoms with Crippen LogP contribution in [0.15, 0.2) is 16.5 Å². The summed E-state index contributed by atoms with van der Waals surface area (Å²) < 4.78 is 5.70. The number of likely N-dealkylation sites (tertiary alicyclic amines) is 1. The van der Waals surface area contributed by atoms with Gasteiger partial charge in [-0.25, -0.2) is 0 Å². The SMILES string of the molecule is Cc1ccc(C(CN)CN2CCCCCC2)o1. The maximum Gasteiger partial charge on any atom is 0.109 e. The molecule has 1 aliphatic rings. The topological polar surface area (TPSA) is 42.4 Å². The molecule has 1 unspecified atom stereocenters. The van der Waals surface area contributed by atoms with Crippen LogP contribution < -0.4 is 5.73 Å². The van der Waals surface area contributed by atoms with Crippen LogP contribution in [0.1, 0.15) is 43.1 Å². The number of furan rings is 1. The summed E-state index contributed by atoms with van der Waals surface area (Å²) in [7, 11) is 0. The Bertz CT molecular complexity index is 327. The lowest BCUT2D eigenvalue weighted by atomic mass is 10.1. The lowest BCUT2D eigenvalue weighted by Gasteiger charge is -2.24. The highest BCUT2D eigenvalue weighted by Gasteiger charge is 2.18. The molecule has 1 fully saturated rings. The summed E-state index contributed by atoms with van der Waals surface area (Å²) in [6, 6.07) is 4.10. The molecule has 0 spiro atoms. The van der Waals surface area contributed by atoms with Gasteiger partial charge in [0.1, 0.15) is 11.5 Å². The summed E-state index contributed by atoms with van der Waals surface area (Å²) in [4.78, 5) is 2.54. The van der Waals surface area contributed by atoms with Crippen molar-refractivity contribution in [3.05, 3.63) is 23.7 Å². The molecule has 2 heterocycles. The highest BCUT2D eigenvalue weighted by atomic mass is 16.3. The Morgan fingerprint density at radius 1 is 1.24 bits per heavy atom. The lowest BCUT2D eigenvalue weighted by Crippen LogP contribution is -2.32. The average molecular weight is 236 g/mol. The maximum absolute atomic E-state index is 5.88. The molecule has 1 aliphatic heterocycles. The van der Waals surface area contributed by atoms with Gasteiger partial charge in [-0.1, -0.05) is 12.8 Å². The van der Waals surface area contributed by atoms with Crippen LogP contribution in [-0.4, -0.2) is 31.1 Å². The molecule has 2 N–H and O–H groups in total. The number of nitrogens with zero attached hydrogens (tertiary/aromatic N) is 1. The normalized spacial score (nSPS) is 20.1. The maximum atomic E-state index is 5.88. The van der Waals surface area contributed by atoms with Crippen LogP contribution >= 0.6 is 0 Å². The van der Waals surface area contributed by atoms with E-state index in [-0.39, 0.29) is 0 Å². The summed E-state index contributed by atoms with van der Waals surface area (Å²) in [5, 5.41) is 0. The predicted molar refractivity (Wildman–Crippen MR) is 70.1 cm³/mol. The van der Waals surface area contributed by atoms with Gasteiger partial charge in [-0.3, -0.25) is 0 Å². The minimum absolute atomic E-state index is 0.349. The minimum Gasteiger partial charge on any atom is -0.466 e. The van der Waals surface area contributed by atoms with Crippen molar-refractivity contribution >= 4 is 0 Å². The average Bonchev–Trinajstić information content (AvgIpc) is 2.62. The van der Waals surface area contributed by atoms with Crippen molar-refractivity contribution < 1.29 is 4.42 Å². The molecular weight excluding hydrogens is 212 g/mol. The Labute approximate surface area is 104 Å². The van der Waals surface area contributed by atoms with Gasteiger partial charge in [-0.15, -0.1) is 0 Å². The monoisotopic (exact) mass is 236 g/mol. The van der Waals surface area contributed by atoms with Crippen LogP contribution in [0.5, 0.6) is 0 Å². The van der Waals surface area contributed by atoms with Gasteiger partial charge in [0, 0.05) is 19.0 Å². The van der Waals surface area contributed by atoms with Crippen LogP contribution in [0.4, 0.5) is 0 Å². The van der Waals surface area contributed by atoms with Crippen molar-refractivity contribution in [3.63, 3.8) is 0 Å². The van der Waals surface area contributed by atoms with Gasteiger partial charge in [0.15, 0.2) is 0 Å². The highest BCUT2D eigenvalue weighted by Crippen LogP contribution is 2.20. The quantitative estimate of drug-likeness (QED) is 0.873. The van der Waals surface area contributed by atoms with E-state index < -0.39 is 0 Å². The zero-order valence-electron chi connectivity index (χ0n) is 10.8. The van der Waals surface area contributed by atoms with E-state index in [2.05, 4.69) is 11.0 Å². The summed E-state index contributed by atoms with van der Waals surface area (Å²) >= 11 is 0. The fourth-order valence-electron chi connectivity index (χ4n) is 2.58. The molecule has 1 atom stereocenters. The molecule has 17 heavy (non-hydrogen) atoms. The van der Waals surface area contributed by atoms with E-state index in [1.807, 2.05) is 13.0 Å². The van der Waals surface area contributed by atoms with Crippen LogP contribution in [0.25, 0.3) is 0 Å². The zero-order valence-corrected chi connectivity index (χ0v) is 10.8. The summed E-state index contributed by atoms with van der Waals surface area (Å²) in [5.41, 5.74) is 5.88. The summed E-state index contributed by atoms with van der Waals surface area (Å²) in [6.07, 6.45) is 5.41. The standard InChI is InChI=1S/C14H24N2O/c1-12-6-7-14(17-12)13(10-15)11-16-8-4-2-3-5-9-16/h6-7,13H,2-5,8-11,15H2,1H3. The smallest absolute Gasteiger partial charge is 0.109 e. The largest absolute Gasteiger partial charge is 0.466 e. The van der Waals surface area contributed by atoms with E-state index in [0.717, 1.165) is 18.1 Å². The van der Waals surface area contributed by atoms with E-state index >= 15 is 0 Å². The van der Waals surface area contributed by atoms with Crippen LogP contribution in [-0.2, 0) is 0 Å². The first-order valence-electron chi connectivity index (χ1n) is 6.78. The second kappa shape index (κ2) is 6.22. The number of hydrogen-bond donors (Lipinski definition) is 1. The van der Waals surface area contributed by atoms with Gasteiger partial charge in [0.2, 0.25) is 0 Å². The fraction of sp³-hybridized carbons (Fsp3) is 0.714. The molecule has 0 amide bonds. The molecule has 0 radical (unpaired) electrons. The molecule has 1 saturated heterocycles. The fourth-order valence-corrected chi connectivity index (χ4v) is 2.58. The van der Waals surface area contributed by atoms with Crippen LogP contribution in [0.2, 0.25) is 0 Å². The van der Waals surface area contributed by atoms with Crippen molar-refractivity contribution in [3.8, 4) is 0 Å². The van der Waals surface area contributed by atoms with Crippen LogP contribution in [0, 0.1) is 6.92 Å². The lowest BCUT2D eigenvalue weighted by molar-refractivity contribution is 0.255. The molecule has 0 saturated carbocycles. The van der Waals surface area contributed by atoms with Gasteiger partial charge in [0.05, 0.1) is 0 Å². The summed E-state index contributed by atoms with van der Waals surface area (Å²) in [6.45, 7) is 6.14. The van der Waals surface area contributed by atoms with E-state index in [0.29, 0.717) is 12.5 Å². The zero-order chi connectivity index (χ0) is 12.1. The molecule has 3 heteroatoms. The highest BCUT2D eigenvalue weighted by molar-refractivity contribution is 5.11. The molecule has 1 aromatic rings. The third-order valence-corrected chi connectivity index (χ3v) is 3.63. The predicted octanol–water partition coefficient (Wildman–Crippen LogP) is 2.51. The first-order chi connectivity index (χ1) is 8.29. The second-order valence-electron chi connectivity index (χ2n) is 5.10. The molecule has 2 rings (SSSR count). The van der Waals surface area contributed by atoms with Crippen LogP contribution in [0.3, 0.4) is 0 Å². The Morgan fingerprint density at radius 2 is 1.94 bits per heavy atom. The number of aryl methyl sites for hydroxylation is 1. The first-order valence-corrected chi connectivity index (χ1v) is 6.78.